The molecule has 1 aromatic rings. The fourth-order valence-electron chi connectivity index (χ4n) is 5.50. The van der Waals surface area contributed by atoms with Crippen LogP contribution in [0.1, 0.15) is 49.7 Å². The number of fused-ring (bicyclic) bond motifs is 5. The fourth-order valence-corrected chi connectivity index (χ4v) is 5.50. The smallest absolute Gasteiger partial charge is 0.115 e. The molecule has 0 aromatic heterocycles. The highest BCUT2D eigenvalue weighted by molar-refractivity contribution is 5.40. The Morgan fingerprint density at radius 2 is 2.10 bits per heavy atom. The minimum atomic E-state index is -0.315. The molecule has 0 amide bonds. The number of aromatic hydroxyl groups is 1. The van der Waals surface area contributed by atoms with E-state index in [1.807, 2.05) is 12.1 Å². The molecule has 0 heterocycles. The van der Waals surface area contributed by atoms with Crippen LogP contribution in [-0.2, 0) is 6.42 Å². The first-order chi connectivity index (χ1) is 10.0. The summed E-state index contributed by atoms with van der Waals surface area (Å²) >= 11 is 0. The molecule has 3 unspecified atom stereocenters. The molecule has 5 atom stereocenters. The van der Waals surface area contributed by atoms with Gasteiger partial charge >= 0.3 is 0 Å². The van der Waals surface area contributed by atoms with Crippen LogP contribution >= 0.6 is 0 Å². The van der Waals surface area contributed by atoms with Gasteiger partial charge in [-0.3, -0.25) is 0 Å². The van der Waals surface area contributed by atoms with Gasteiger partial charge in [0.05, 0.1) is 6.10 Å². The number of aliphatic hydroxyl groups is 1. The molecule has 2 heteroatoms. The second-order valence-electron chi connectivity index (χ2n) is 7.61. The Kier molecular flexibility index (Phi) is 2.78. The average Bonchev–Trinajstić information content (AvgIpc) is 2.70. The largest absolute Gasteiger partial charge is 0.508 e. The Morgan fingerprint density at radius 3 is 2.90 bits per heavy atom. The second-order valence-corrected chi connectivity index (χ2v) is 7.61. The Balaban J connectivity index is 1.73. The SMILES string of the molecule is C=C1CC2C3CCc4cc(O)ccc4C3CC[C@]2(C)[C@H]1O. The molecule has 2 N–H and O–H groups in total. The zero-order chi connectivity index (χ0) is 14.8. The maximum atomic E-state index is 10.5. The zero-order valence-corrected chi connectivity index (χ0v) is 12.7. The van der Waals surface area contributed by atoms with Crippen molar-refractivity contribution < 1.29 is 10.2 Å². The molecule has 2 fully saturated rings. The molecule has 3 aliphatic rings. The van der Waals surface area contributed by atoms with E-state index < -0.39 is 0 Å². The van der Waals surface area contributed by atoms with Gasteiger partial charge in [-0.15, -0.1) is 0 Å². The van der Waals surface area contributed by atoms with E-state index >= 15 is 0 Å². The van der Waals surface area contributed by atoms with E-state index in [1.165, 1.54) is 17.5 Å². The Hall–Kier alpha value is -1.28. The predicted octanol–water partition coefficient (Wildman–Crippen LogP) is 3.78. The highest BCUT2D eigenvalue weighted by Crippen LogP contribution is 2.61. The van der Waals surface area contributed by atoms with E-state index in [2.05, 4.69) is 19.6 Å². The predicted molar refractivity (Wildman–Crippen MR) is 83.3 cm³/mol. The van der Waals surface area contributed by atoms with Gasteiger partial charge in [-0.2, -0.15) is 0 Å². The van der Waals surface area contributed by atoms with Crippen molar-refractivity contribution in [3.05, 3.63) is 41.5 Å². The monoisotopic (exact) mass is 284 g/mol. The molecule has 0 bridgehead atoms. The standard InChI is InChI=1S/C19H24O2/c1-11-9-17-16-5-3-12-10-13(20)4-6-14(12)15(16)7-8-19(17,2)18(11)21/h4,6,10,15-18,20-21H,1,3,5,7-9H2,2H3/t15?,16?,17?,18-,19-/m0/s1. The van der Waals surface area contributed by atoms with Gasteiger partial charge in [0.25, 0.3) is 0 Å². The lowest BCUT2D eigenvalue weighted by Gasteiger charge is -2.49. The molecule has 2 nitrogen and oxygen atoms in total. The van der Waals surface area contributed by atoms with Crippen LogP contribution in [0.5, 0.6) is 5.75 Å². The molecule has 0 saturated heterocycles. The van der Waals surface area contributed by atoms with E-state index in [-0.39, 0.29) is 11.5 Å². The van der Waals surface area contributed by atoms with Gasteiger partial charge in [0.2, 0.25) is 0 Å². The van der Waals surface area contributed by atoms with Crippen molar-refractivity contribution in [2.45, 2.75) is 51.0 Å². The van der Waals surface area contributed by atoms with Crippen LogP contribution in [0.2, 0.25) is 0 Å². The minimum absolute atomic E-state index is 0.0344. The molecular weight excluding hydrogens is 260 g/mol. The average molecular weight is 284 g/mol. The first-order valence-corrected chi connectivity index (χ1v) is 8.18. The first kappa shape index (κ1) is 13.4. The van der Waals surface area contributed by atoms with E-state index in [0.717, 1.165) is 31.3 Å². The summed E-state index contributed by atoms with van der Waals surface area (Å²) in [6, 6.07) is 5.91. The highest BCUT2D eigenvalue weighted by Gasteiger charge is 2.55. The van der Waals surface area contributed by atoms with Crippen molar-refractivity contribution >= 4 is 0 Å². The van der Waals surface area contributed by atoms with Gasteiger partial charge in [0, 0.05) is 5.41 Å². The topological polar surface area (TPSA) is 40.5 Å². The Labute approximate surface area is 126 Å². The third-order valence-corrected chi connectivity index (χ3v) is 6.64. The summed E-state index contributed by atoms with van der Waals surface area (Å²) in [5.41, 5.74) is 3.85. The molecule has 4 rings (SSSR count). The quantitative estimate of drug-likeness (QED) is 0.712. The number of hydrogen-bond acceptors (Lipinski definition) is 2. The van der Waals surface area contributed by atoms with Crippen LogP contribution in [0.3, 0.4) is 0 Å². The molecule has 0 spiro atoms. The normalized spacial score (nSPS) is 41.3. The van der Waals surface area contributed by atoms with Gasteiger partial charge in [-0.1, -0.05) is 19.6 Å². The van der Waals surface area contributed by atoms with Crippen molar-refractivity contribution in [2.24, 2.45) is 17.3 Å². The maximum absolute atomic E-state index is 10.5. The minimum Gasteiger partial charge on any atom is -0.508 e. The van der Waals surface area contributed by atoms with Crippen LogP contribution in [0.25, 0.3) is 0 Å². The number of phenols is 1. The third kappa shape index (κ3) is 1.75. The molecule has 3 aliphatic carbocycles. The third-order valence-electron chi connectivity index (χ3n) is 6.64. The van der Waals surface area contributed by atoms with Crippen LogP contribution in [-0.4, -0.2) is 16.3 Å². The summed E-state index contributed by atoms with van der Waals surface area (Å²) in [5, 5.41) is 20.2. The van der Waals surface area contributed by atoms with Crippen molar-refractivity contribution in [2.75, 3.05) is 0 Å². The van der Waals surface area contributed by atoms with Gasteiger partial charge in [-0.05, 0) is 78.7 Å². The lowest BCUT2D eigenvalue weighted by molar-refractivity contribution is -0.0159. The molecule has 0 aliphatic heterocycles. The van der Waals surface area contributed by atoms with E-state index in [1.54, 1.807) is 0 Å². The summed E-state index contributed by atoms with van der Waals surface area (Å²) in [6.45, 7) is 6.38. The summed E-state index contributed by atoms with van der Waals surface area (Å²) in [6.07, 6.45) is 5.15. The number of phenolic OH excluding ortho intramolecular Hbond substituents is 1. The zero-order valence-electron chi connectivity index (χ0n) is 12.7. The van der Waals surface area contributed by atoms with Crippen LogP contribution in [0.4, 0.5) is 0 Å². The molecular formula is C19H24O2. The Bertz CT molecular complexity index is 606. The van der Waals surface area contributed by atoms with Crippen LogP contribution in [0.15, 0.2) is 30.4 Å². The lowest BCUT2D eigenvalue weighted by Crippen LogP contribution is -2.44. The van der Waals surface area contributed by atoms with Crippen LogP contribution in [0, 0.1) is 17.3 Å². The summed E-state index contributed by atoms with van der Waals surface area (Å²) in [7, 11) is 0. The maximum Gasteiger partial charge on any atom is 0.115 e. The number of aryl methyl sites for hydroxylation is 1. The van der Waals surface area contributed by atoms with Crippen molar-refractivity contribution in [1.82, 2.24) is 0 Å². The number of aliphatic hydroxyl groups excluding tert-OH is 1. The number of rotatable bonds is 0. The van der Waals surface area contributed by atoms with Gasteiger partial charge < -0.3 is 10.2 Å². The number of hydrogen-bond donors (Lipinski definition) is 2. The summed E-state index contributed by atoms with van der Waals surface area (Å²) < 4.78 is 0. The van der Waals surface area contributed by atoms with Gasteiger partial charge in [0.15, 0.2) is 0 Å². The fraction of sp³-hybridized carbons (Fsp3) is 0.579. The van der Waals surface area contributed by atoms with Crippen molar-refractivity contribution in [1.29, 1.82) is 0 Å². The first-order valence-electron chi connectivity index (χ1n) is 8.18. The second kappa shape index (κ2) is 4.36. The molecule has 0 radical (unpaired) electrons. The van der Waals surface area contributed by atoms with Crippen molar-refractivity contribution in [3.63, 3.8) is 0 Å². The highest BCUT2D eigenvalue weighted by atomic mass is 16.3. The van der Waals surface area contributed by atoms with E-state index in [0.29, 0.717) is 23.5 Å². The molecule has 112 valence electrons. The van der Waals surface area contributed by atoms with E-state index in [9.17, 15) is 10.2 Å². The number of benzene rings is 1. The molecule has 2 saturated carbocycles. The van der Waals surface area contributed by atoms with Crippen molar-refractivity contribution in [3.8, 4) is 5.75 Å². The summed E-state index contributed by atoms with van der Waals surface area (Å²) in [5.74, 6) is 2.22. The van der Waals surface area contributed by atoms with E-state index in [4.69, 9.17) is 0 Å². The summed E-state index contributed by atoms with van der Waals surface area (Å²) in [4.78, 5) is 0. The molecule has 1 aromatic carbocycles. The van der Waals surface area contributed by atoms with Gasteiger partial charge in [0.1, 0.15) is 5.75 Å². The van der Waals surface area contributed by atoms with Gasteiger partial charge in [-0.25, -0.2) is 0 Å². The van der Waals surface area contributed by atoms with Crippen LogP contribution < -0.4 is 0 Å². The lowest BCUT2D eigenvalue weighted by atomic mass is 9.55. The Morgan fingerprint density at radius 1 is 1.29 bits per heavy atom. The molecule has 21 heavy (non-hydrogen) atoms.